The van der Waals surface area contributed by atoms with Crippen molar-refractivity contribution in [1.29, 1.82) is 0 Å². The van der Waals surface area contributed by atoms with Gasteiger partial charge in [-0.15, -0.1) is 0 Å². The third kappa shape index (κ3) is 4.03. The molecule has 5 rings (SSSR count). The Morgan fingerprint density at radius 1 is 1.12 bits per heavy atom. The number of imidazole rings is 1. The highest BCUT2D eigenvalue weighted by Crippen LogP contribution is 2.41. The number of carbonyl (C=O) groups is 1. The summed E-state index contributed by atoms with van der Waals surface area (Å²) in [5, 5.41) is 0. The van der Waals surface area contributed by atoms with Crippen LogP contribution in [0.2, 0.25) is 0 Å². The van der Waals surface area contributed by atoms with Crippen LogP contribution in [0, 0.1) is 5.92 Å². The van der Waals surface area contributed by atoms with Gasteiger partial charge < -0.3 is 9.30 Å². The van der Waals surface area contributed by atoms with Gasteiger partial charge in [-0.25, -0.2) is 9.78 Å². The Kier molecular flexibility index (Phi) is 6.13. The average Bonchev–Trinajstić information content (AvgIpc) is 3.22. The lowest BCUT2D eigenvalue weighted by Crippen LogP contribution is -2.42. The van der Waals surface area contributed by atoms with Crippen molar-refractivity contribution in [3.8, 4) is 0 Å². The lowest BCUT2D eigenvalue weighted by atomic mass is 9.84. The van der Waals surface area contributed by atoms with E-state index in [1.54, 1.807) is 0 Å². The molecule has 33 heavy (non-hydrogen) atoms. The van der Waals surface area contributed by atoms with Crippen LogP contribution in [0.3, 0.4) is 0 Å². The van der Waals surface area contributed by atoms with Crippen LogP contribution in [0.25, 0.3) is 11.0 Å². The van der Waals surface area contributed by atoms with Crippen LogP contribution in [0.1, 0.15) is 75.4 Å². The lowest BCUT2D eigenvalue weighted by Gasteiger charge is -2.34. The van der Waals surface area contributed by atoms with E-state index in [1.807, 2.05) is 4.90 Å². The van der Waals surface area contributed by atoms with E-state index in [2.05, 4.69) is 60.9 Å². The average molecular weight is 446 g/mol. The molecule has 2 aliphatic rings. The van der Waals surface area contributed by atoms with E-state index in [0.717, 1.165) is 42.2 Å². The van der Waals surface area contributed by atoms with E-state index in [1.165, 1.54) is 55.9 Å². The number of carbonyl (C=O) groups excluding carboxylic acids is 1. The molecule has 5 nitrogen and oxygen atoms in total. The first-order valence-electron chi connectivity index (χ1n) is 12.5. The first kappa shape index (κ1) is 22.0. The largest absolute Gasteiger partial charge is 0.452 e. The van der Waals surface area contributed by atoms with Crippen molar-refractivity contribution in [2.75, 3.05) is 12.0 Å². The maximum absolute atomic E-state index is 12.6. The number of fused-ring (bicyclic) bond motifs is 3. The molecule has 5 heteroatoms. The number of benzene rings is 2. The second kappa shape index (κ2) is 9.20. The molecule has 174 valence electrons. The molecular formula is C28H35N3O2. The van der Waals surface area contributed by atoms with Crippen LogP contribution < -0.4 is 4.90 Å². The van der Waals surface area contributed by atoms with E-state index in [-0.39, 0.29) is 12.1 Å². The number of anilines is 1. The first-order valence-corrected chi connectivity index (χ1v) is 12.5. The Bertz CT molecular complexity index is 1140. The van der Waals surface area contributed by atoms with Crippen molar-refractivity contribution in [2.24, 2.45) is 5.92 Å². The number of hydrogen-bond donors (Lipinski definition) is 0. The van der Waals surface area contributed by atoms with Gasteiger partial charge in [0.15, 0.2) is 0 Å². The summed E-state index contributed by atoms with van der Waals surface area (Å²) in [6, 6.07) is 15.6. The third-order valence-electron chi connectivity index (χ3n) is 7.80. The van der Waals surface area contributed by atoms with E-state index < -0.39 is 0 Å². The molecule has 0 spiro atoms. The smallest absolute Gasteiger partial charge is 0.414 e. The maximum atomic E-state index is 12.6. The van der Waals surface area contributed by atoms with Crippen LogP contribution >= 0.6 is 0 Å². The number of methoxy groups -OCH3 is 1. The van der Waals surface area contributed by atoms with E-state index in [0.29, 0.717) is 6.04 Å². The van der Waals surface area contributed by atoms with E-state index >= 15 is 0 Å². The fourth-order valence-electron chi connectivity index (χ4n) is 6.00. The fraction of sp³-hybridized carbons (Fsp3) is 0.500. The van der Waals surface area contributed by atoms with Crippen molar-refractivity contribution >= 4 is 22.8 Å². The Morgan fingerprint density at radius 2 is 1.94 bits per heavy atom. The highest BCUT2D eigenvalue weighted by atomic mass is 16.5. The second-order valence-electron chi connectivity index (χ2n) is 9.81. The number of hydrogen-bond acceptors (Lipinski definition) is 3. The zero-order valence-corrected chi connectivity index (χ0v) is 20.1. The van der Waals surface area contributed by atoms with Gasteiger partial charge in [-0.1, -0.05) is 56.5 Å². The molecule has 1 fully saturated rings. The summed E-state index contributed by atoms with van der Waals surface area (Å²) in [4.78, 5) is 19.7. The minimum atomic E-state index is -0.287. The zero-order valence-electron chi connectivity index (χ0n) is 20.1. The Morgan fingerprint density at radius 3 is 2.70 bits per heavy atom. The molecule has 2 heterocycles. The van der Waals surface area contributed by atoms with Crippen molar-refractivity contribution in [3.05, 3.63) is 59.4 Å². The fourth-order valence-corrected chi connectivity index (χ4v) is 6.00. The molecular weight excluding hydrogens is 410 g/mol. The summed E-state index contributed by atoms with van der Waals surface area (Å²) < 4.78 is 7.66. The Balaban J connectivity index is 1.65. The van der Waals surface area contributed by atoms with Gasteiger partial charge in [-0.3, -0.25) is 4.90 Å². The number of nitrogens with zero attached hydrogens (tertiary/aromatic N) is 3. The molecule has 3 atom stereocenters. The van der Waals surface area contributed by atoms with Crippen molar-refractivity contribution in [2.45, 2.75) is 77.3 Å². The number of aromatic nitrogens is 2. The molecule has 1 amide bonds. The molecule has 0 bridgehead atoms. The summed E-state index contributed by atoms with van der Waals surface area (Å²) in [5.41, 5.74) is 5.72. The lowest BCUT2D eigenvalue weighted by molar-refractivity contribution is 0.175. The first-order chi connectivity index (χ1) is 16.1. The van der Waals surface area contributed by atoms with Gasteiger partial charge in [0.1, 0.15) is 5.82 Å². The number of aryl methyl sites for hydroxylation is 1. The van der Waals surface area contributed by atoms with Crippen LogP contribution in [0.5, 0.6) is 0 Å². The quantitative estimate of drug-likeness (QED) is 0.450. The zero-order chi connectivity index (χ0) is 22.9. The predicted molar refractivity (Wildman–Crippen MR) is 133 cm³/mol. The molecule has 1 aliphatic heterocycles. The van der Waals surface area contributed by atoms with Gasteiger partial charge in [0.05, 0.1) is 23.8 Å². The molecule has 0 saturated heterocycles. The van der Waals surface area contributed by atoms with Gasteiger partial charge in [-0.05, 0) is 56.2 Å². The topological polar surface area (TPSA) is 47.4 Å². The highest BCUT2D eigenvalue weighted by Gasteiger charge is 2.33. The number of amides is 1. The molecule has 1 aliphatic carbocycles. The van der Waals surface area contributed by atoms with Gasteiger partial charge in [0.2, 0.25) is 0 Å². The standard InChI is InChI=1S/C28H35N3O2/c1-4-20-11-8-12-22(17-20)31-25-16-15-24-23(14-13-19(2)30(24)28(32)33-3)27(25)29-26(31)18-21-9-6-5-7-10-21/h5-7,9-10,15-16,19-20,22H,4,8,11-14,17-18H2,1-3H3/t19-,20+,22+/m0/s1. The number of ether oxygens (including phenoxy) is 1. The van der Waals surface area contributed by atoms with Crippen molar-refractivity contribution in [3.63, 3.8) is 0 Å². The van der Waals surface area contributed by atoms with Gasteiger partial charge in [-0.2, -0.15) is 0 Å². The molecule has 1 saturated carbocycles. The van der Waals surface area contributed by atoms with Crippen LogP contribution in [-0.4, -0.2) is 28.8 Å². The monoisotopic (exact) mass is 445 g/mol. The van der Waals surface area contributed by atoms with Gasteiger partial charge >= 0.3 is 6.09 Å². The molecule has 0 radical (unpaired) electrons. The van der Waals surface area contributed by atoms with Crippen LogP contribution in [0.4, 0.5) is 10.5 Å². The van der Waals surface area contributed by atoms with Crippen LogP contribution in [0.15, 0.2) is 42.5 Å². The summed E-state index contributed by atoms with van der Waals surface area (Å²) in [5.74, 6) is 1.94. The summed E-state index contributed by atoms with van der Waals surface area (Å²) in [7, 11) is 1.46. The molecule has 2 aromatic carbocycles. The molecule has 0 unspecified atom stereocenters. The van der Waals surface area contributed by atoms with Crippen LogP contribution in [-0.2, 0) is 17.6 Å². The Hall–Kier alpha value is -2.82. The normalized spacial score (nSPS) is 22.9. The van der Waals surface area contributed by atoms with Gasteiger partial charge in [0.25, 0.3) is 0 Å². The van der Waals surface area contributed by atoms with Gasteiger partial charge in [0, 0.05) is 24.1 Å². The molecule has 1 aromatic heterocycles. The molecule has 0 N–H and O–H groups in total. The van der Waals surface area contributed by atoms with E-state index in [9.17, 15) is 4.79 Å². The van der Waals surface area contributed by atoms with Crippen molar-refractivity contribution in [1.82, 2.24) is 9.55 Å². The summed E-state index contributed by atoms with van der Waals surface area (Å²) in [6.07, 6.45) is 8.71. The molecule has 3 aromatic rings. The summed E-state index contributed by atoms with van der Waals surface area (Å²) in [6.45, 7) is 4.42. The summed E-state index contributed by atoms with van der Waals surface area (Å²) >= 11 is 0. The second-order valence-corrected chi connectivity index (χ2v) is 9.81. The van der Waals surface area contributed by atoms with Crippen molar-refractivity contribution < 1.29 is 9.53 Å². The maximum Gasteiger partial charge on any atom is 0.414 e. The minimum absolute atomic E-state index is 0.122. The van der Waals surface area contributed by atoms with E-state index in [4.69, 9.17) is 9.72 Å². The number of rotatable bonds is 4. The predicted octanol–water partition coefficient (Wildman–Crippen LogP) is 6.68. The highest BCUT2D eigenvalue weighted by molar-refractivity contribution is 5.95. The minimum Gasteiger partial charge on any atom is -0.452 e. The SMILES string of the molecule is CC[C@@H]1CCC[C@@H](n2c(Cc3ccccc3)nc3c4c(ccc32)N(C(=O)OC)[C@@H](C)CC4)C1. The third-order valence-corrected chi connectivity index (χ3v) is 7.80. The Labute approximate surface area is 196 Å².